The van der Waals surface area contributed by atoms with Gasteiger partial charge in [-0.15, -0.1) is 11.3 Å². The van der Waals surface area contributed by atoms with Gasteiger partial charge in [0.15, 0.2) is 11.5 Å². The lowest BCUT2D eigenvalue weighted by Crippen LogP contribution is -2.11. The first kappa shape index (κ1) is 14.8. The van der Waals surface area contributed by atoms with E-state index in [4.69, 9.17) is 9.47 Å². The number of aryl methyl sites for hydroxylation is 1. The minimum atomic E-state index is 0.474. The summed E-state index contributed by atoms with van der Waals surface area (Å²) in [6.45, 7) is 6.32. The Hall–Kier alpha value is -1.59. The van der Waals surface area contributed by atoms with Gasteiger partial charge in [-0.3, -0.25) is 0 Å². The summed E-state index contributed by atoms with van der Waals surface area (Å²) in [5, 5.41) is 6.29. The number of hydrogen-bond acceptors (Lipinski definition) is 5. The fourth-order valence-electron chi connectivity index (χ4n) is 1.82. The van der Waals surface area contributed by atoms with Gasteiger partial charge in [0.05, 0.1) is 7.11 Å². The van der Waals surface area contributed by atoms with E-state index in [1.165, 1.54) is 5.56 Å². The van der Waals surface area contributed by atoms with Gasteiger partial charge < -0.3 is 14.8 Å². The monoisotopic (exact) mass is 292 g/mol. The number of aromatic nitrogens is 1. The van der Waals surface area contributed by atoms with Crippen LogP contribution in [0.2, 0.25) is 0 Å². The molecule has 0 aliphatic heterocycles. The van der Waals surface area contributed by atoms with Gasteiger partial charge in [0, 0.05) is 17.6 Å². The molecule has 0 amide bonds. The van der Waals surface area contributed by atoms with Crippen molar-refractivity contribution in [2.45, 2.75) is 27.0 Å². The maximum atomic E-state index is 5.79. The van der Waals surface area contributed by atoms with E-state index in [-0.39, 0.29) is 0 Å². The molecule has 0 aliphatic rings. The van der Waals surface area contributed by atoms with Crippen molar-refractivity contribution >= 4 is 11.3 Å². The molecule has 2 rings (SSSR count). The van der Waals surface area contributed by atoms with Crippen LogP contribution in [-0.2, 0) is 13.2 Å². The molecule has 0 atom stereocenters. The number of benzene rings is 1. The second kappa shape index (κ2) is 7.26. The Bertz CT molecular complexity index is 555. The van der Waals surface area contributed by atoms with Gasteiger partial charge in [0.1, 0.15) is 11.6 Å². The Morgan fingerprint density at radius 1 is 1.30 bits per heavy atom. The van der Waals surface area contributed by atoms with Crippen LogP contribution in [0.15, 0.2) is 23.6 Å². The van der Waals surface area contributed by atoms with Crippen molar-refractivity contribution in [3.63, 3.8) is 0 Å². The third kappa shape index (κ3) is 3.95. The predicted molar refractivity (Wildman–Crippen MR) is 81.6 cm³/mol. The van der Waals surface area contributed by atoms with E-state index in [1.54, 1.807) is 18.4 Å². The van der Waals surface area contributed by atoms with Crippen molar-refractivity contribution in [2.24, 2.45) is 0 Å². The zero-order chi connectivity index (χ0) is 14.4. The highest BCUT2D eigenvalue weighted by Gasteiger charge is 2.07. The molecule has 108 valence electrons. The van der Waals surface area contributed by atoms with E-state index in [1.807, 2.05) is 30.5 Å². The highest BCUT2D eigenvalue weighted by molar-refractivity contribution is 7.09. The fourth-order valence-corrected chi connectivity index (χ4v) is 2.50. The van der Waals surface area contributed by atoms with Crippen LogP contribution in [0.3, 0.4) is 0 Å². The largest absolute Gasteiger partial charge is 0.493 e. The maximum absolute atomic E-state index is 5.79. The van der Waals surface area contributed by atoms with E-state index in [0.29, 0.717) is 6.61 Å². The van der Waals surface area contributed by atoms with Crippen molar-refractivity contribution in [3.05, 3.63) is 39.8 Å². The Balaban J connectivity index is 2.03. The molecular weight excluding hydrogens is 272 g/mol. The highest BCUT2D eigenvalue weighted by Crippen LogP contribution is 2.29. The molecule has 0 radical (unpaired) electrons. The lowest BCUT2D eigenvalue weighted by Gasteiger charge is -2.11. The van der Waals surface area contributed by atoms with Crippen LogP contribution in [0.4, 0.5) is 0 Å². The van der Waals surface area contributed by atoms with Crippen molar-refractivity contribution in [2.75, 3.05) is 13.7 Å². The van der Waals surface area contributed by atoms with Crippen LogP contribution in [0.25, 0.3) is 0 Å². The first-order chi connectivity index (χ1) is 9.72. The molecule has 1 N–H and O–H groups in total. The Morgan fingerprint density at radius 2 is 2.15 bits per heavy atom. The quantitative estimate of drug-likeness (QED) is 0.851. The molecule has 1 heterocycles. The molecule has 0 fully saturated rings. The molecule has 0 spiro atoms. The van der Waals surface area contributed by atoms with Crippen molar-refractivity contribution in [3.8, 4) is 11.5 Å². The molecule has 1 aromatic heterocycles. The van der Waals surface area contributed by atoms with E-state index >= 15 is 0 Å². The van der Waals surface area contributed by atoms with Crippen LogP contribution in [-0.4, -0.2) is 18.6 Å². The third-order valence-corrected chi connectivity index (χ3v) is 3.77. The first-order valence-electron chi connectivity index (χ1n) is 6.64. The molecule has 2 aromatic rings. The zero-order valence-corrected chi connectivity index (χ0v) is 12.9. The van der Waals surface area contributed by atoms with E-state index in [9.17, 15) is 0 Å². The van der Waals surface area contributed by atoms with Crippen molar-refractivity contribution in [1.82, 2.24) is 10.3 Å². The summed E-state index contributed by atoms with van der Waals surface area (Å²) in [7, 11) is 1.66. The molecular formula is C15H20N2O2S. The number of nitrogens with one attached hydrogen (secondary N) is 1. The molecule has 0 aliphatic carbocycles. The number of rotatable bonds is 7. The van der Waals surface area contributed by atoms with Crippen LogP contribution < -0.4 is 14.8 Å². The second-order valence-corrected chi connectivity index (χ2v) is 5.38. The SMILES string of the molecule is CCNCc1ccc(OCc2nc(C)cs2)c(OC)c1. The van der Waals surface area contributed by atoms with E-state index in [0.717, 1.165) is 35.3 Å². The maximum Gasteiger partial charge on any atom is 0.161 e. The molecule has 0 unspecified atom stereocenters. The van der Waals surface area contributed by atoms with Crippen LogP contribution in [0.1, 0.15) is 23.2 Å². The smallest absolute Gasteiger partial charge is 0.161 e. The van der Waals surface area contributed by atoms with Gasteiger partial charge in [0.2, 0.25) is 0 Å². The Kier molecular flexibility index (Phi) is 5.38. The minimum absolute atomic E-state index is 0.474. The van der Waals surface area contributed by atoms with Crippen LogP contribution >= 0.6 is 11.3 Å². The average Bonchev–Trinajstić information content (AvgIpc) is 2.88. The molecule has 4 nitrogen and oxygen atoms in total. The van der Waals surface area contributed by atoms with Gasteiger partial charge in [-0.2, -0.15) is 0 Å². The minimum Gasteiger partial charge on any atom is -0.493 e. The summed E-state index contributed by atoms with van der Waals surface area (Å²) in [4.78, 5) is 4.38. The topological polar surface area (TPSA) is 43.4 Å². The van der Waals surface area contributed by atoms with E-state index in [2.05, 4.69) is 17.2 Å². The Morgan fingerprint density at radius 3 is 2.80 bits per heavy atom. The number of hydrogen-bond donors (Lipinski definition) is 1. The van der Waals surface area contributed by atoms with Crippen molar-refractivity contribution < 1.29 is 9.47 Å². The summed E-state index contributed by atoms with van der Waals surface area (Å²) in [5.74, 6) is 1.51. The number of methoxy groups -OCH3 is 1. The summed E-state index contributed by atoms with van der Waals surface area (Å²) in [5.41, 5.74) is 2.21. The second-order valence-electron chi connectivity index (χ2n) is 4.44. The summed E-state index contributed by atoms with van der Waals surface area (Å²) in [6.07, 6.45) is 0. The van der Waals surface area contributed by atoms with Gasteiger partial charge in [0.25, 0.3) is 0 Å². The lowest BCUT2D eigenvalue weighted by molar-refractivity contribution is 0.283. The zero-order valence-electron chi connectivity index (χ0n) is 12.1. The van der Waals surface area contributed by atoms with Crippen molar-refractivity contribution in [1.29, 1.82) is 0 Å². The van der Waals surface area contributed by atoms with Gasteiger partial charge in [-0.1, -0.05) is 13.0 Å². The number of thiazole rings is 1. The molecule has 20 heavy (non-hydrogen) atoms. The summed E-state index contributed by atoms with van der Waals surface area (Å²) in [6, 6.07) is 6.00. The molecule has 5 heteroatoms. The average molecular weight is 292 g/mol. The van der Waals surface area contributed by atoms with Crippen LogP contribution in [0, 0.1) is 6.92 Å². The summed E-state index contributed by atoms with van der Waals surface area (Å²) >= 11 is 1.61. The first-order valence-corrected chi connectivity index (χ1v) is 7.52. The molecule has 0 saturated heterocycles. The Labute approximate surface area is 123 Å². The molecule has 0 saturated carbocycles. The lowest BCUT2D eigenvalue weighted by atomic mass is 10.2. The van der Waals surface area contributed by atoms with Gasteiger partial charge >= 0.3 is 0 Å². The highest BCUT2D eigenvalue weighted by atomic mass is 32.1. The molecule has 0 bridgehead atoms. The normalized spacial score (nSPS) is 10.6. The van der Waals surface area contributed by atoms with E-state index < -0.39 is 0 Å². The van der Waals surface area contributed by atoms with Gasteiger partial charge in [-0.25, -0.2) is 4.98 Å². The standard InChI is InChI=1S/C15H20N2O2S/c1-4-16-8-12-5-6-13(14(7-12)18-3)19-9-15-17-11(2)10-20-15/h5-7,10,16H,4,8-9H2,1-3H3. The number of ether oxygens (including phenoxy) is 2. The molecule has 1 aromatic carbocycles. The summed E-state index contributed by atoms with van der Waals surface area (Å²) < 4.78 is 11.2. The van der Waals surface area contributed by atoms with Crippen LogP contribution in [0.5, 0.6) is 11.5 Å². The fraction of sp³-hybridized carbons (Fsp3) is 0.400. The van der Waals surface area contributed by atoms with Gasteiger partial charge in [-0.05, 0) is 31.2 Å². The predicted octanol–water partition coefficient (Wildman–Crippen LogP) is 3.15. The number of nitrogens with zero attached hydrogens (tertiary/aromatic N) is 1. The third-order valence-electron chi connectivity index (χ3n) is 2.82.